The fraction of sp³-hybridized carbons (Fsp3) is 0. The average molecular weight is 169 g/mol. The van der Waals surface area contributed by atoms with Gasteiger partial charge >= 0.3 is 0 Å². The van der Waals surface area contributed by atoms with Gasteiger partial charge in [-0.2, -0.15) is 0 Å². The number of hydrogen-bond donors (Lipinski definition) is 0. The molecule has 2 aromatic rings. The summed E-state index contributed by atoms with van der Waals surface area (Å²) in [5.41, 5.74) is 1.12. The maximum absolute atomic E-state index is 5.16. The van der Waals surface area contributed by atoms with E-state index < -0.39 is 0 Å². The predicted molar refractivity (Wildman–Crippen MR) is 52.2 cm³/mol. The Morgan fingerprint density at radius 1 is 1.00 bits per heavy atom. The first-order valence-electron chi connectivity index (χ1n) is 4.17. The molecule has 0 atom stereocenters. The van der Waals surface area contributed by atoms with Crippen molar-refractivity contribution >= 4 is 17.0 Å². The maximum atomic E-state index is 5.16. The molecule has 0 aromatic heterocycles. The Morgan fingerprint density at radius 3 is 2.77 bits per heavy atom. The van der Waals surface area contributed by atoms with E-state index in [0.29, 0.717) is 0 Å². The van der Waals surface area contributed by atoms with Gasteiger partial charge in [0, 0.05) is 10.9 Å². The highest BCUT2D eigenvalue weighted by Crippen LogP contribution is 2.30. The summed E-state index contributed by atoms with van der Waals surface area (Å²) in [6.07, 6.45) is 1.75. The summed E-state index contributed by atoms with van der Waals surface area (Å²) in [4.78, 5) is 5.16. The topological polar surface area (TPSA) is 21.6 Å². The van der Waals surface area contributed by atoms with E-state index in [1.165, 1.54) is 5.39 Å². The molecule has 0 saturated carbocycles. The van der Waals surface area contributed by atoms with Crippen molar-refractivity contribution in [3.8, 4) is 5.75 Å². The van der Waals surface area contributed by atoms with Gasteiger partial charge in [-0.3, -0.25) is 0 Å². The molecule has 0 bridgehead atoms. The molecular weight excluding hydrogens is 162 g/mol. The van der Waals surface area contributed by atoms with Crippen molar-refractivity contribution in [1.29, 1.82) is 0 Å². The third-order valence-corrected chi connectivity index (χ3v) is 2.24. The molecule has 13 heavy (non-hydrogen) atoms. The minimum absolute atomic E-state index is 0.843. The first-order valence-corrected chi connectivity index (χ1v) is 4.17. The van der Waals surface area contributed by atoms with Crippen LogP contribution in [0.1, 0.15) is 5.56 Å². The van der Waals surface area contributed by atoms with Crippen molar-refractivity contribution in [3.05, 3.63) is 42.0 Å². The van der Waals surface area contributed by atoms with Gasteiger partial charge in [-0.05, 0) is 11.5 Å². The Balaban J connectivity index is 2.56. The largest absolute Gasteiger partial charge is 0.356 e. The monoisotopic (exact) mass is 169 g/mol. The average Bonchev–Trinajstić information content (AvgIpc) is 2.19. The number of oxime groups is 1. The van der Waals surface area contributed by atoms with Crippen molar-refractivity contribution < 1.29 is 4.84 Å². The molecule has 0 saturated heterocycles. The van der Waals surface area contributed by atoms with Crippen LogP contribution in [0, 0.1) is 0 Å². The molecule has 1 aliphatic heterocycles. The second kappa shape index (κ2) is 2.33. The molecule has 0 radical (unpaired) electrons. The zero-order valence-corrected chi connectivity index (χ0v) is 6.90. The van der Waals surface area contributed by atoms with Gasteiger partial charge in [-0.1, -0.05) is 35.5 Å². The van der Waals surface area contributed by atoms with Gasteiger partial charge in [0.15, 0.2) is 5.75 Å². The Kier molecular flexibility index (Phi) is 1.19. The van der Waals surface area contributed by atoms with Crippen LogP contribution in [0.3, 0.4) is 0 Å². The number of nitrogens with zero attached hydrogens (tertiary/aromatic N) is 1. The smallest absolute Gasteiger partial charge is 0.166 e. The molecule has 2 heteroatoms. The van der Waals surface area contributed by atoms with Crippen LogP contribution in [-0.2, 0) is 0 Å². The maximum Gasteiger partial charge on any atom is 0.166 e. The molecule has 0 unspecified atom stereocenters. The SMILES string of the molecule is C1=NOc2cccc3cccc1c23. The lowest BCUT2D eigenvalue weighted by molar-refractivity contribution is 0.346. The third kappa shape index (κ3) is 0.855. The zero-order valence-electron chi connectivity index (χ0n) is 6.90. The van der Waals surface area contributed by atoms with E-state index in [-0.39, 0.29) is 0 Å². The fourth-order valence-electron chi connectivity index (χ4n) is 1.66. The molecule has 1 aliphatic rings. The van der Waals surface area contributed by atoms with Crippen molar-refractivity contribution in [2.45, 2.75) is 0 Å². The summed E-state index contributed by atoms with van der Waals surface area (Å²) in [5, 5.41) is 6.17. The second-order valence-corrected chi connectivity index (χ2v) is 3.03. The molecule has 0 N–H and O–H groups in total. The van der Waals surface area contributed by atoms with Gasteiger partial charge in [0.25, 0.3) is 0 Å². The van der Waals surface area contributed by atoms with Crippen LogP contribution in [0.2, 0.25) is 0 Å². The van der Waals surface area contributed by atoms with Crippen LogP contribution in [0.25, 0.3) is 10.8 Å². The minimum Gasteiger partial charge on any atom is -0.356 e. The number of hydrogen-bond acceptors (Lipinski definition) is 2. The Morgan fingerprint density at radius 2 is 1.85 bits per heavy atom. The van der Waals surface area contributed by atoms with Gasteiger partial charge in [0.05, 0.1) is 6.21 Å². The Bertz CT molecular complexity index is 497. The highest BCUT2D eigenvalue weighted by atomic mass is 16.6. The van der Waals surface area contributed by atoms with Crippen LogP contribution in [0.4, 0.5) is 0 Å². The van der Waals surface area contributed by atoms with E-state index in [0.717, 1.165) is 16.7 Å². The van der Waals surface area contributed by atoms with E-state index in [1.807, 2.05) is 24.3 Å². The molecule has 0 amide bonds. The van der Waals surface area contributed by atoms with Crippen LogP contribution >= 0.6 is 0 Å². The quantitative estimate of drug-likeness (QED) is 0.594. The number of benzene rings is 2. The molecule has 3 rings (SSSR count). The van der Waals surface area contributed by atoms with Gasteiger partial charge < -0.3 is 4.84 Å². The predicted octanol–water partition coefficient (Wildman–Crippen LogP) is 2.57. The van der Waals surface area contributed by atoms with Gasteiger partial charge in [-0.25, -0.2) is 0 Å². The molecule has 62 valence electrons. The van der Waals surface area contributed by atoms with Crippen LogP contribution < -0.4 is 4.84 Å². The highest BCUT2D eigenvalue weighted by Gasteiger charge is 2.09. The van der Waals surface area contributed by atoms with Crippen molar-refractivity contribution in [1.82, 2.24) is 0 Å². The van der Waals surface area contributed by atoms with Gasteiger partial charge in [0.1, 0.15) is 0 Å². The van der Waals surface area contributed by atoms with Gasteiger partial charge in [-0.15, -0.1) is 0 Å². The molecular formula is C11H7NO. The molecule has 0 fully saturated rings. The summed E-state index contributed by atoms with van der Waals surface area (Å²) in [7, 11) is 0. The lowest BCUT2D eigenvalue weighted by atomic mass is 10.0. The molecule has 2 nitrogen and oxygen atoms in total. The van der Waals surface area contributed by atoms with Crippen LogP contribution in [0.5, 0.6) is 5.75 Å². The standard InChI is InChI=1S/C11H7NO/c1-3-8-4-2-6-10-11(8)9(5-1)7-12-13-10/h1-7H. The molecule has 0 spiro atoms. The third-order valence-electron chi connectivity index (χ3n) is 2.24. The first kappa shape index (κ1) is 6.66. The van der Waals surface area contributed by atoms with Crippen molar-refractivity contribution in [2.75, 3.05) is 0 Å². The van der Waals surface area contributed by atoms with Gasteiger partial charge in [0.2, 0.25) is 0 Å². The van der Waals surface area contributed by atoms with E-state index in [9.17, 15) is 0 Å². The Hall–Kier alpha value is -1.83. The lowest BCUT2D eigenvalue weighted by Crippen LogP contribution is -1.96. The summed E-state index contributed by atoms with van der Waals surface area (Å²) in [5.74, 6) is 0.843. The Labute approximate surface area is 75.4 Å². The van der Waals surface area contributed by atoms with E-state index in [2.05, 4.69) is 17.3 Å². The first-order chi connectivity index (χ1) is 6.45. The molecule has 1 heterocycles. The second-order valence-electron chi connectivity index (χ2n) is 3.03. The number of rotatable bonds is 0. The van der Waals surface area contributed by atoms with E-state index in [1.54, 1.807) is 6.21 Å². The minimum atomic E-state index is 0.843. The van der Waals surface area contributed by atoms with Crippen LogP contribution in [0.15, 0.2) is 41.6 Å². The molecule has 2 aromatic carbocycles. The lowest BCUT2D eigenvalue weighted by Gasteiger charge is -2.10. The summed E-state index contributed by atoms with van der Waals surface area (Å²) in [6.45, 7) is 0. The zero-order chi connectivity index (χ0) is 8.67. The van der Waals surface area contributed by atoms with Crippen molar-refractivity contribution in [3.63, 3.8) is 0 Å². The summed E-state index contributed by atoms with van der Waals surface area (Å²) < 4.78 is 0. The summed E-state index contributed by atoms with van der Waals surface area (Å²) in [6, 6.07) is 12.1. The normalized spacial score (nSPS) is 12.9. The summed E-state index contributed by atoms with van der Waals surface area (Å²) >= 11 is 0. The van der Waals surface area contributed by atoms with Crippen LogP contribution in [-0.4, -0.2) is 6.21 Å². The van der Waals surface area contributed by atoms with E-state index in [4.69, 9.17) is 4.84 Å². The fourth-order valence-corrected chi connectivity index (χ4v) is 1.66. The van der Waals surface area contributed by atoms with Crippen molar-refractivity contribution in [2.24, 2.45) is 5.16 Å². The highest BCUT2D eigenvalue weighted by molar-refractivity contribution is 6.04. The van der Waals surface area contributed by atoms with E-state index >= 15 is 0 Å². The molecule has 0 aliphatic carbocycles.